The zero-order valence-corrected chi connectivity index (χ0v) is 10.7. The number of allylic oxidation sites excluding steroid dienone is 2. The number of azide groups is 1. The third-order valence-electron chi connectivity index (χ3n) is 3.10. The second-order valence-corrected chi connectivity index (χ2v) is 4.37. The van der Waals surface area contributed by atoms with Crippen molar-refractivity contribution in [1.29, 1.82) is 0 Å². The van der Waals surface area contributed by atoms with Crippen LogP contribution in [0.4, 0.5) is 0 Å². The first kappa shape index (κ1) is 12.8. The predicted molar refractivity (Wildman–Crippen MR) is 75.6 cm³/mol. The van der Waals surface area contributed by atoms with Gasteiger partial charge in [-0.25, -0.2) is 4.98 Å². The molecular formula is C15H8N4O2. The molecule has 1 aromatic carbocycles. The molecule has 0 atom stereocenters. The number of hydrogen-bond donors (Lipinski definition) is 0. The van der Waals surface area contributed by atoms with E-state index in [9.17, 15) is 9.59 Å². The van der Waals surface area contributed by atoms with Gasteiger partial charge in [-0.1, -0.05) is 35.4 Å². The number of Topliss-reactive ketones (excluding diaryl/α,β-unsaturated/α-hetero) is 1. The molecule has 0 spiro atoms. The van der Waals surface area contributed by atoms with E-state index in [1.807, 2.05) is 30.3 Å². The van der Waals surface area contributed by atoms with Crippen LogP contribution in [0.3, 0.4) is 0 Å². The van der Waals surface area contributed by atoms with Crippen molar-refractivity contribution in [3.05, 3.63) is 75.9 Å². The number of benzene rings is 1. The molecule has 0 aliphatic heterocycles. The van der Waals surface area contributed by atoms with Crippen LogP contribution in [-0.4, -0.2) is 16.6 Å². The van der Waals surface area contributed by atoms with Crippen LogP contribution in [0.1, 0.15) is 20.8 Å². The Morgan fingerprint density at radius 1 is 1.05 bits per heavy atom. The van der Waals surface area contributed by atoms with E-state index in [0.717, 1.165) is 11.6 Å². The molecule has 1 aromatic heterocycles. The lowest BCUT2D eigenvalue weighted by Gasteiger charge is -2.12. The summed E-state index contributed by atoms with van der Waals surface area (Å²) in [6, 6.07) is 12.5. The average molecular weight is 276 g/mol. The molecule has 21 heavy (non-hydrogen) atoms. The minimum Gasteiger partial charge on any atom is -0.289 e. The monoisotopic (exact) mass is 276 g/mol. The third kappa shape index (κ3) is 2.20. The first-order valence-electron chi connectivity index (χ1n) is 6.13. The van der Waals surface area contributed by atoms with Gasteiger partial charge in [0.25, 0.3) is 0 Å². The Balaban J connectivity index is 2.14. The van der Waals surface area contributed by atoms with Crippen LogP contribution >= 0.6 is 0 Å². The van der Waals surface area contributed by atoms with Crippen LogP contribution < -0.4 is 0 Å². The van der Waals surface area contributed by atoms with Crippen LogP contribution in [-0.2, 0) is 0 Å². The van der Waals surface area contributed by atoms with E-state index in [4.69, 9.17) is 5.53 Å². The molecule has 0 fully saturated rings. The molecule has 1 aliphatic carbocycles. The molecular weight excluding hydrogens is 268 g/mol. The highest BCUT2D eigenvalue weighted by atomic mass is 16.1. The number of rotatable bonds is 2. The van der Waals surface area contributed by atoms with Gasteiger partial charge in [-0.15, -0.1) is 0 Å². The smallest absolute Gasteiger partial charge is 0.214 e. The summed E-state index contributed by atoms with van der Waals surface area (Å²) in [7, 11) is 0. The van der Waals surface area contributed by atoms with Gasteiger partial charge in [-0.3, -0.25) is 9.59 Å². The van der Waals surface area contributed by atoms with Crippen molar-refractivity contribution >= 4 is 11.6 Å². The quantitative estimate of drug-likeness (QED) is 0.478. The molecule has 1 aliphatic rings. The maximum absolute atomic E-state index is 12.2. The second kappa shape index (κ2) is 5.03. The highest BCUT2D eigenvalue weighted by molar-refractivity contribution is 6.23. The second-order valence-electron chi connectivity index (χ2n) is 4.37. The number of pyridine rings is 1. The summed E-state index contributed by atoms with van der Waals surface area (Å²) < 4.78 is 0. The Morgan fingerprint density at radius 2 is 1.81 bits per heavy atom. The first-order chi connectivity index (χ1) is 10.2. The van der Waals surface area contributed by atoms with Crippen LogP contribution in [0.5, 0.6) is 0 Å². The van der Waals surface area contributed by atoms with Crippen molar-refractivity contribution in [3.8, 4) is 11.3 Å². The number of nitrogens with zero attached hydrogens (tertiary/aromatic N) is 4. The fraction of sp³-hybridized carbons (Fsp3) is 0. The van der Waals surface area contributed by atoms with E-state index in [0.29, 0.717) is 5.69 Å². The Morgan fingerprint density at radius 3 is 2.52 bits per heavy atom. The maximum atomic E-state index is 12.2. The molecule has 0 bridgehead atoms. The normalized spacial score (nSPS) is 13.2. The van der Waals surface area contributed by atoms with E-state index < -0.39 is 5.78 Å². The van der Waals surface area contributed by atoms with E-state index >= 15 is 0 Å². The fourth-order valence-electron chi connectivity index (χ4n) is 2.11. The standard InChI is InChI=1S/C15H8N4O2/c16-19-18-12-8-13(20)10-6-7-11(17-14(10)15(12)21)9-4-2-1-3-5-9/h1-8H. The zero-order chi connectivity index (χ0) is 14.8. The van der Waals surface area contributed by atoms with Crippen molar-refractivity contribution < 1.29 is 9.59 Å². The van der Waals surface area contributed by atoms with Gasteiger partial charge >= 0.3 is 0 Å². The summed E-state index contributed by atoms with van der Waals surface area (Å²) >= 11 is 0. The lowest BCUT2D eigenvalue weighted by Crippen LogP contribution is -2.18. The zero-order valence-electron chi connectivity index (χ0n) is 10.7. The molecule has 0 amide bonds. The summed E-state index contributed by atoms with van der Waals surface area (Å²) in [4.78, 5) is 30.9. The molecule has 0 unspecified atom stereocenters. The van der Waals surface area contributed by atoms with Crippen molar-refractivity contribution in [1.82, 2.24) is 4.98 Å². The van der Waals surface area contributed by atoms with Gasteiger partial charge in [0.2, 0.25) is 5.78 Å². The largest absolute Gasteiger partial charge is 0.289 e. The highest BCUT2D eigenvalue weighted by Gasteiger charge is 2.26. The van der Waals surface area contributed by atoms with Gasteiger partial charge in [-0.05, 0) is 23.7 Å². The molecule has 0 radical (unpaired) electrons. The van der Waals surface area contributed by atoms with Crippen LogP contribution in [0, 0.1) is 0 Å². The van der Waals surface area contributed by atoms with E-state index in [1.165, 1.54) is 0 Å². The van der Waals surface area contributed by atoms with E-state index in [-0.39, 0.29) is 22.7 Å². The lowest BCUT2D eigenvalue weighted by molar-refractivity contribution is 0.0979. The highest BCUT2D eigenvalue weighted by Crippen LogP contribution is 2.24. The molecule has 0 N–H and O–H groups in total. The summed E-state index contributed by atoms with van der Waals surface area (Å²) in [5, 5.41) is 3.25. The minimum atomic E-state index is -0.541. The Labute approximate surface area is 119 Å². The SMILES string of the molecule is [N-]=[N+]=NC1=CC(=O)c2ccc(-c3ccccc3)nc2C1=O. The number of carbonyl (C=O) groups is 2. The molecule has 6 heteroatoms. The van der Waals surface area contributed by atoms with Gasteiger partial charge < -0.3 is 0 Å². The topological polar surface area (TPSA) is 95.8 Å². The van der Waals surface area contributed by atoms with Crippen molar-refractivity contribution in [3.63, 3.8) is 0 Å². The van der Waals surface area contributed by atoms with Gasteiger partial charge in [0.15, 0.2) is 5.78 Å². The van der Waals surface area contributed by atoms with Crippen molar-refractivity contribution in [2.45, 2.75) is 0 Å². The van der Waals surface area contributed by atoms with E-state index in [2.05, 4.69) is 15.0 Å². The molecule has 1 heterocycles. The molecule has 6 nitrogen and oxygen atoms in total. The van der Waals surface area contributed by atoms with Crippen molar-refractivity contribution in [2.75, 3.05) is 0 Å². The predicted octanol–water partition coefficient (Wildman–Crippen LogP) is 3.32. The van der Waals surface area contributed by atoms with Gasteiger partial charge in [0.1, 0.15) is 5.69 Å². The number of aromatic nitrogens is 1. The van der Waals surface area contributed by atoms with Crippen LogP contribution in [0.25, 0.3) is 21.7 Å². The summed E-state index contributed by atoms with van der Waals surface area (Å²) in [5.41, 5.74) is 9.86. The maximum Gasteiger partial charge on any atom is 0.214 e. The molecule has 3 rings (SSSR count). The number of fused-ring (bicyclic) bond motifs is 1. The summed E-state index contributed by atoms with van der Waals surface area (Å²) in [6.07, 6.45) is 1.04. The van der Waals surface area contributed by atoms with Gasteiger partial charge in [-0.2, -0.15) is 0 Å². The van der Waals surface area contributed by atoms with Crippen molar-refractivity contribution in [2.24, 2.45) is 5.11 Å². The number of hydrogen-bond acceptors (Lipinski definition) is 4. The number of ketones is 2. The van der Waals surface area contributed by atoms with Crippen LogP contribution in [0.15, 0.2) is 59.4 Å². The molecule has 0 saturated carbocycles. The van der Waals surface area contributed by atoms with E-state index in [1.54, 1.807) is 12.1 Å². The Bertz CT molecular complexity index is 834. The fourth-order valence-corrected chi connectivity index (χ4v) is 2.11. The lowest BCUT2D eigenvalue weighted by atomic mass is 9.96. The molecule has 2 aromatic rings. The average Bonchev–Trinajstić information content (AvgIpc) is 2.53. The first-order valence-corrected chi connectivity index (χ1v) is 6.13. The van der Waals surface area contributed by atoms with Gasteiger partial charge in [0, 0.05) is 10.5 Å². The molecule has 0 saturated heterocycles. The number of carbonyl (C=O) groups excluding carboxylic acids is 2. The third-order valence-corrected chi connectivity index (χ3v) is 3.10. The summed E-state index contributed by atoms with van der Waals surface area (Å²) in [6.45, 7) is 0. The van der Waals surface area contributed by atoms with Crippen LogP contribution in [0.2, 0.25) is 0 Å². The Kier molecular flexibility index (Phi) is 3.06. The summed E-state index contributed by atoms with van der Waals surface area (Å²) in [5.74, 6) is -0.931. The molecule has 100 valence electrons. The Hall–Kier alpha value is -3.24. The minimum absolute atomic E-state index is 0.0197. The van der Waals surface area contributed by atoms with Gasteiger partial charge in [0.05, 0.1) is 17.0 Å².